The number of nitrogens with zero attached hydrogens (tertiary/aromatic N) is 1. The van der Waals surface area contributed by atoms with Crippen LogP contribution in [-0.4, -0.2) is 47.8 Å². The summed E-state index contributed by atoms with van der Waals surface area (Å²) in [5, 5.41) is 11.6. The lowest BCUT2D eigenvalue weighted by Gasteiger charge is -2.35. The zero-order chi connectivity index (χ0) is 21.0. The zero-order valence-electron chi connectivity index (χ0n) is 16.0. The van der Waals surface area contributed by atoms with Gasteiger partial charge < -0.3 is 15.3 Å². The second-order valence-corrected chi connectivity index (χ2v) is 8.45. The van der Waals surface area contributed by atoms with E-state index >= 15 is 0 Å². The summed E-state index contributed by atoms with van der Waals surface area (Å²) in [5.74, 6) is -0.0611. The average molecular weight is 431 g/mol. The topological polar surface area (TPSA) is 52.6 Å². The minimum atomic E-state index is -5.08. The molecule has 0 radical (unpaired) electrons. The van der Waals surface area contributed by atoms with Crippen LogP contribution in [-0.2, 0) is 4.79 Å². The van der Waals surface area contributed by atoms with E-state index in [-0.39, 0.29) is 0 Å². The number of hydrogen-bond acceptors (Lipinski definition) is 3. The third kappa shape index (κ3) is 6.12. The van der Waals surface area contributed by atoms with Crippen LogP contribution in [0.4, 0.5) is 18.9 Å². The van der Waals surface area contributed by atoms with Gasteiger partial charge in [-0.2, -0.15) is 13.2 Å². The molecular formula is C21H26ClF3N2O2. The quantitative estimate of drug-likeness (QED) is 0.655. The van der Waals surface area contributed by atoms with Crippen molar-refractivity contribution in [2.45, 2.75) is 37.9 Å². The lowest BCUT2D eigenvalue weighted by atomic mass is 9.92. The summed E-state index contributed by atoms with van der Waals surface area (Å²) in [6.45, 7) is 3.75. The van der Waals surface area contributed by atoms with E-state index in [2.05, 4.69) is 28.4 Å². The number of carboxylic acids is 1. The summed E-state index contributed by atoms with van der Waals surface area (Å²) < 4.78 is 31.7. The Balaban J connectivity index is 0.000000298. The number of anilines is 1. The summed E-state index contributed by atoms with van der Waals surface area (Å²) in [7, 11) is 0. The summed E-state index contributed by atoms with van der Waals surface area (Å²) in [4.78, 5) is 11.6. The Hall–Kier alpha value is -1.73. The van der Waals surface area contributed by atoms with E-state index in [4.69, 9.17) is 21.5 Å². The van der Waals surface area contributed by atoms with E-state index < -0.39 is 12.1 Å². The van der Waals surface area contributed by atoms with Crippen LogP contribution in [0, 0.1) is 17.8 Å². The van der Waals surface area contributed by atoms with Gasteiger partial charge >= 0.3 is 12.1 Å². The highest BCUT2D eigenvalue weighted by molar-refractivity contribution is 6.33. The van der Waals surface area contributed by atoms with E-state index in [1.807, 2.05) is 18.2 Å². The molecule has 1 saturated carbocycles. The molecule has 3 unspecified atom stereocenters. The van der Waals surface area contributed by atoms with Crippen molar-refractivity contribution in [1.29, 1.82) is 0 Å². The van der Waals surface area contributed by atoms with Gasteiger partial charge in [0.1, 0.15) is 0 Å². The maximum Gasteiger partial charge on any atom is 0.490 e. The van der Waals surface area contributed by atoms with Crippen molar-refractivity contribution in [2.24, 2.45) is 17.8 Å². The number of fused-ring (bicyclic) bond motifs is 2. The van der Waals surface area contributed by atoms with Crippen LogP contribution in [0.15, 0.2) is 36.4 Å². The van der Waals surface area contributed by atoms with Gasteiger partial charge in [0, 0.05) is 25.7 Å². The van der Waals surface area contributed by atoms with Gasteiger partial charge in [-0.25, -0.2) is 4.79 Å². The number of allylic oxidation sites excluding steroid dienone is 2. The molecule has 1 aliphatic heterocycles. The molecule has 0 amide bonds. The van der Waals surface area contributed by atoms with Crippen LogP contribution >= 0.6 is 11.6 Å². The number of piperidine rings is 1. The van der Waals surface area contributed by atoms with Gasteiger partial charge in [0.15, 0.2) is 0 Å². The van der Waals surface area contributed by atoms with E-state index in [0.29, 0.717) is 6.04 Å². The molecule has 160 valence electrons. The third-order valence-electron chi connectivity index (χ3n) is 5.97. The number of rotatable bonds is 4. The summed E-state index contributed by atoms with van der Waals surface area (Å²) in [5.41, 5.74) is 1.08. The summed E-state index contributed by atoms with van der Waals surface area (Å²) >= 11 is 6.24. The predicted molar refractivity (Wildman–Crippen MR) is 107 cm³/mol. The van der Waals surface area contributed by atoms with Crippen LogP contribution in [0.3, 0.4) is 0 Å². The first-order valence-corrected chi connectivity index (χ1v) is 10.3. The van der Waals surface area contributed by atoms with Crippen LogP contribution < -0.4 is 5.32 Å². The first-order valence-electron chi connectivity index (χ1n) is 9.94. The molecule has 4 nitrogen and oxygen atoms in total. The Kier molecular flexibility index (Phi) is 7.11. The van der Waals surface area contributed by atoms with Crippen LogP contribution in [0.2, 0.25) is 5.02 Å². The fraction of sp³-hybridized carbons (Fsp3) is 0.571. The normalized spacial score (nSPS) is 26.8. The largest absolute Gasteiger partial charge is 0.490 e. The molecule has 0 spiro atoms. The van der Waals surface area contributed by atoms with Crippen molar-refractivity contribution in [3.8, 4) is 0 Å². The summed E-state index contributed by atoms with van der Waals surface area (Å²) in [6, 6.07) is 8.64. The van der Waals surface area contributed by atoms with E-state index in [1.54, 1.807) is 0 Å². The SMILES string of the molecule is Clc1ccccc1NC1CCN(CC2CC3C=CC2C3)CC1.O=C(O)C(F)(F)F. The number of halogens is 4. The number of para-hydroxylation sites is 1. The van der Waals surface area contributed by atoms with E-state index in [1.165, 1.54) is 45.3 Å². The average Bonchev–Trinajstić information content (AvgIpc) is 3.28. The number of aliphatic carboxylic acids is 1. The number of carboxylic acid groups (broad SMARTS) is 1. The van der Waals surface area contributed by atoms with Gasteiger partial charge in [0.05, 0.1) is 10.7 Å². The first kappa shape index (κ1) is 22.0. The molecule has 2 fully saturated rings. The van der Waals surface area contributed by atoms with E-state index in [0.717, 1.165) is 28.5 Å². The fourth-order valence-corrected chi connectivity index (χ4v) is 4.68. The molecule has 1 aromatic rings. The highest BCUT2D eigenvalue weighted by Crippen LogP contribution is 2.43. The van der Waals surface area contributed by atoms with Gasteiger partial charge in [0.25, 0.3) is 0 Å². The van der Waals surface area contributed by atoms with Crippen molar-refractivity contribution in [3.63, 3.8) is 0 Å². The number of benzene rings is 1. The fourth-order valence-electron chi connectivity index (χ4n) is 4.49. The molecular weight excluding hydrogens is 405 g/mol. The molecule has 3 aliphatic rings. The van der Waals surface area contributed by atoms with Crippen molar-refractivity contribution in [3.05, 3.63) is 41.4 Å². The van der Waals surface area contributed by atoms with Gasteiger partial charge in [-0.15, -0.1) is 0 Å². The number of carbonyl (C=O) groups is 1. The standard InChI is InChI=1S/C19H25ClN2.C2HF3O2/c20-18-3-1-2-4-19(18)21-17-7-9-22(10-8-17)13-16-12-14-5-6-15(16)11-14;3-2(4,5)1(6)7/h1-6,14-17,21H,7-13H2;(H,6,7). The van der Waals surface area contributed by atoms with Crippen LogP contribution in [0.1, 0.15) is 25.7 Å². The Morgan fingerprint density at radius 3 is 2.34 bits per heavy atom. The van der Waals surface area contributed by atoms with Crippen molar-refractivity contribution in [1.82, 2.24) is 4.90 Å². The lowest BCUT2D eigenvalue weighted by Crippen LogP contribution is -2.41. The van der Waals surface area contributed by atoms with Crippen molar-refractivity contribution < 1.29 is 23.1 Å². The molecule has 2 aliphatic carbocycles. The molecule has 0 aromatic heterocycles. The minimum absolute atomic E-state index is 0.566. The molecule has 1 saturated heterocycles. The lowest BCUT2D eigenvalue weighted by molar-refractivity contribution is -0.192. The maximum atomic E-state index is 10.6. The highest BCUT2D eigenvalue weighted by Gasteiger charge is 2.38. The van der Waals surface area contributed by atoms with Gasteiger partial charge in [-0.05, 0) is 55.6 Å². The molecule has 8 heteroatoms. The smallest absolute Gasteiger partial charge is 0.475 e. The predicted octanol–water partition coefficient (Wildman–Crippen LogP) is 5.06. The van der Waals surface area contributed by atoms with Gasteiger partial charge in [0.2, 0.25) is 0 Å². The Morgan fingerprint density at radius 1 is 1.17 bits per heavy atom. The Morgan fingerprint density at radius 2 is 1.83 bits per heavy atom. The Labute approximate surface area is 173 Å². The molecule has 2 N–H and O–H groups in total. The maximum absolute atomic E-state index is 10.6. The molecule has 1 aromatic carbocycles. The second-order valence-electron chi connectivity index (χ2n) is 8.04. The number of alkyl halides is 3. The van der Waals surface area contributed by atoms with Crippen molar-refractivity contribution >= 4 is 23.3 Å². The molecule has 4 rings (SSSR count). The zero-order valence-corrected chi connectivity index (χ0v) is 16.8. The van der Waals surface area contributed by atoms with E-state index in [9.17, 15) is 13.2 Å². The van der Waals surface area contributed by atoms with Crippen molar-refractivity contribution in [2.75, 3.05) is 25.0 Å². The number of likely N-dealkylation sites (tertiary alicyclic amines) is 1. The molecule has 3 atom stereocenters. The summed E-state index contributed by atoms with van der Waals surface area (Å²) in [6.07, 6.45) is 5.14. The minimum Gasteiger partial charge on any atom is -0.475 e. The third-order valence-corrected chi connectivity index (χ3v) is 6.30. The first-order chi connectivity index (χ1) is 13.7. The highest BCUT2D eigenvalue weighted by atomic mass is 35.5. The van der Waals surface area contributed by atoms with Crippen LogP contribution in [0.25, 0.3) is 0 Å². The number of hydrogen-bond donors (Lipinski definition) is 2. The van der Waals surface area contributed by atoms with Crippen LogP contribution in [0.5, 0.6) is 0 Å². The van der Waals surface area contributed by atoms with Gasteiger partial charge in [-0.1, -0.05) is 35.9 Å². The monoisotopic (exact) mass is 430 g/mol. The molecule has 1 heterocycles. The Bertz CT molecular complexity index is 733. The number of nitrogens with one attached hydrogen (secondary N) is 1. The molecule has 2 bridgehead atoms. The molecule has 29 heavy (non-hydrogen) atoms. The second kappa shape index (κ2) is 9.39. The van der Waals surface area contributed by atoms with Gasteiger partial charge in [-0.3, -0.25) is 0 Å².